The smallest absolute Gasteiger partial charge is 0.269 e. The third-order valence-corrected chi connectivity index (χ3v) is 1.62. The second kappa shape index (κ2) is 7.78. The lowest BCUT2D eigenvalue weighted by Crippen LogP contribution is -2.17. The summed E-state index contributed by atoms with van der Waals surface area (Å²) >= 11 is 0. The van der Waals surface area contributed by atoms with E-state index in [-0.39, 0.29) is 13.2 Å². The van der Waals surface area contributed by atoms with E-state index in [0.29, 0.717) is 0 Å². The molecule has 0 N–H and O–H groups in total. The molecule has 0 aromatic heterocycles. The molecule has 0 amide bonds. The van der Waals surface area contributed by atoms with Crippen LogP contribution in [0.4, 0.5) is 26.3 Å². The lowest BCUT2D eigenvalue weighted by atomic mass is 10.3. The molecule has 0 aromatic rings. The van der Waals surface area contributed by atoms with E-state index >= 15 is 0 Å². The lowest BCUT2D eigenvalue weighted by molar-refractivity contribution is 0.00590. The summed E-state index contributed by atoms with van der Waals surface area (Å²) in [5.74, 6) is 0. The quantitative estimate of drug-likeness (QED) is 0.466. The molecule has 0 saturated carbocycles. The SMILES string of the molecule is FC(F)C(F)CCOCCC(F)C(F)F. The zero-order valence-electron chi connectivity index (χ0n) is 7.81. The predicted molar refractivity (Wildman–Crippen MR) is 41.9 cm³/mol. The Labute approximate surface area is 83.4 Å². The maximum absolute atomic E-state index is 12.2. The molecule has 0 spiro atoms. The van der Waals surface area contributed by atoms with Crippen LogP contribution in [0.5, 0.6) is 0 Å². The van der Waals surface area contributed by atoms with E-state index in [0.717, 1.165) is 0 Å². The lowest BCUT2D eigenvalue weighted by Gasteiger charge is -2.09. The Balaban J connectivity index is 3.32. The van der Waals surface area contributed by atoms with Crippen LogP contribution in [-0.2, 0) is 4.74 Å². The van der Waals surface area contributed by atoms with Crippen LogP contribution in [0.25, 0.3) is 0 Å². The molecule has 0 heterocycles. The Morgan fingerprint density at radius 2 is 1.00 bits per heavy atom. The summed E-state index contributed by atoms with van der Waals surface area (Å²) in [6, 6.07) is 0. The van der Waals surface area contributed by atoms with Crippen molar-refractivity contribution in [1.29, 1.82) is 0 Å². The van der Waals surface area contributed by atoms with Gasteiger partial charge in [0.1, 0.15) is 0 Å². The molecule has 0 aliphatic heterocycles. The highest BCUT2D eigenvalue weighted by Gasteiger charge is 2.20. The van der Waals surface area contributed by atoms with Crippen LogP contribution < -0.4 is 0 Å². The summed E-state index contributed by atoms with van der Waals surface area (Å²) in [7, 11) is 0. The molecule has 7 heteroatoms. The van der Waals surface area contributed by atoms with Crippen LogP contribution in [0, 0.1) is 0 Å². The molecule has 0 rings (SSSR count). The second-order valence-corrected chi connectivity index (χ2v) is 2.89. The molecular formula is C8H12F6O. The highest BCUT2D eigenvalue weighted by Crippen LogP contribution is 2.11. The Hall–Kier alpha value is -0.460. The van der Waals surface area contributed by atoms with Gasteiger partial charge in [0.25, 0.3) is 12.9 Å². The first-order chi connectivity index (χ1) is 6.95. The third-order valence-electron chi connectivity index (χ3n) is 1.62. The number of hydrogen-bond donors (Lipinski definition) is 0. The van der Waals surface area contributed by atoms with Crippen LogP contribution >= 0.6 is 0 Å². The van der Waals surface area contributed by atoms with Crippen LogP contribution in [0.3, 0.4) is 0 Å². The fourth-order valence-corrected chi connectivity index (χ4v) is 0.746. The van der Waals surface area contributed by atoms with Gasteiger partial charge in [-0.15, -0.1) is 0 Å². The van der Waals surface area contributed by atoms with Crippen LogP contribution in [0.15, 0.2) is 0 Å². The number of rotatable bonds is 8. The van der Waals surface area contributed by atoms with Gasteiger partial charge in [-0.2, -0.15) is 0 Å². The topological polar surface area (TPSA) is 9.23 Å². The molecule has 0 radical (unpaired) electrons. The second-order valence-electron chi connectivity index (χ2n) is 2.89. The number of halogens is 6. The van der Waals surface area contributed by atoms with Gasteiger partial charge in [0.15, 0.2) is 12.3 Å². The van der Waals surface area contributed by atoms with Crippen molar-refractivity contribution < 1.29 is 31.1 Å². The van der Waals surface area contributed by atoms with E-state index in [1.807, 2.05) is 0 Å². The highest BCUT2D eigenvalue weighted by molar-refractivity contribution is 4.59. The van der Waals surface area contributed by atoms with Crippen molar-refractivity contribution in [1.82, 2.24) is 0 Å². The van der Waals surface area contributed by atoms with Crippen molar-refractivity contribution in [3.8, 4) is 0 Å². The van der Waals surface area contributed by atoms with E-state index in [9.17, 15) is 26.3 Å². The molecular weight excluding hydrogens is 226 g/mol. The molecule has 15 heavy (non-hydrogen) atoms. The summed E-state index contributed by atoms with van der Waals surface area (Å²) in [5, 5.41) is 0. The minimum Gasteiger partial charge on any atom is -0.381 e. The van der Waals surface area contributed by atoms with Gasteiger partial charge < -0.3 is 4.74 Å². The Morgan fingerprint density at radius 1 is 0.667 bits per heavy atom. The van der Waals surface area contributed by atoms with E-state index in [2.05, 4.69) is 4.74 Å². The van der Waals surface area contributed by atoms with Crippen molar-refractivity contribution in [3.05, 3.63) is 0 Å². The average molecular weight is 238 g/mol. The molecule has 2 atom stereocenters. The summed E-state index contributed by atoms with van der Waals surface area (Å²) in [6.07, 6.45) is -11.8. The van der Waals surface area contributed by atoms with E-state index in [4.69, 9.17) is 0 Å². The van der Waals surface area contributed by atoms with Crippen LogP contribution in [0.2, 0.25) is 0 Å². The van der Waals surface area contributed by atoms with Crippen LogP contribution in [0.1, 0.15) is 12.8 Å². The van der Waals surface area contributed by atoms with Crippen molar-refractivity contribution in [3.63, 3.8) is 0 Å². The van der Waals surface area contributed by atoms with Gasteiger partial charge in [-0.05, 0) is 0 Å². The van der Waals surface area contributed by atoms with E-state index in [1.54, 1.807) is 0 Å². The van der Waals surface area contributed by atoms with Crippen molar-refractivity contribution in [2.45, 2.75) is 38.0 Å². The fraction of sp³-hybridized carbons (Fsp3) is 1.00. The molecule has 2 unspecified atom stereocenters. The standard InChI is InChI=1S/C8H12F6O/c9-5(7(11)12)1-3-15-4-2-6(10)8(13)14/h5-8H,1-4H2. The van der Waals surface area contributed by atoms with Gasteiger partial charge in [0.2, 0.25) is 0 Å². The molecule has 0 fully saturated rings. The summed E-state index contributed by atoms with van der Waals surface area (Å²) < 4.78 is 75.3. The largest absolute Gasteiger partial charge is 0.381 e. The maximum atomic E-state index is 12.2. The van der Waals surface area contributed by atoms with Gasteiger partial charge in [-0.1, -0.05) is 0 Å². The first-order valence-electron chi connectivity index (χ1n) is 4.37. The Morgan fingerprint density at radius 3 is 1.27 bits per heavy atom. The van der Waals surface area contributed by atoms with Crippen molar-refractivity contribution >= 4 is 0 Å². The molecule has 0 aliphatic carbocycles. The third kappa shape index (κ3) is 7.47. The molecule has 1 nitrogen and oxygen atoms in total. The van der Waals surface area contributed by atoms with Gasteiger partial charge in [0.05, 0.1) is 0 Å². The number of alkyl halides is 6. The number of hydrogen-bond acceptors (Lipinski definition) is 1. The Bertz CT molecular complexity index is 138. The minimum absolute atomic E-state index is 0.332. The zero-order chi connectivity index (χ0) is 11.8. The average Bonchev–Trinajstić information content (AvgIpc) is 2.16. The first-order valence-corrected chi connectivity index (χ1v) is 4.37. The highest BCUT2D eigenvalue weighted by atomic mass is 19.3. The maximum Gasteiger partial charge on any atom is 0.269 e. The first kappa shape index (κ1) is 14.5. The zero-order valence-corrected chi connectivity index (χ0v) is 7.81. The van der Waals surface area contributed by atoms with Crippen LogP contribution in [-0.4, -0.2) is 38.4 Å². The number of ether oxygens (including phenoxy) is 1. The van der Waals surface area contributed by atoms with Crippen molar-refractivity contribution in [2.75, 3.05) is 13.2 Å². The Kier molecular flexibility index (Phi) is 7.54. The fourth-order valence-electron chi connectivity index (χ4n) is 0.746. The predicted octanol–water partition coefficient (Wildman–Crippen LogP) is 2.99. The molecule has 92 valence electrons. The summed E-state index contributed by atoms with van der Waals surface area (Å²) in [5.41, 5.74) is 0. The van der Waals surface area contributed by atoms with Gasteiger partial charge in [-0.25, -0.2) is 26.3 Å². The van der Waals surface area contributed by atoms with Gasteiger partial charge >= 0.3 is 0 Å². The van der Waals surface area contributed by atoms with E-state index < -0.39 is 38.0 Å². The molecule has 0 bridgehead atoms. The van der Waals surface area contributed by atoms with Gasteiger partial charge in [-0.3, -0.25) is 0 Å². The molecule has 0 aliphatic rings. The molecule has 0 aromatic carbocycles. The van der Waals surface area contributed by atoms with Crippen molar-refractivity contribution in [2.24, 2.45) is 0 Å². The summed E-state index contributed by atoms with van der Waals surface area (Å²) in [6.45, 7) is -0.664. The monoisotopic (exact) mass is 238 g/mol. The normalized spacial score (nSPS) is 16.0. The van der Waals surface area contributed by atoms with E-state index in [1.165, 1.54) is 0 Å². The molecule has 0 saturated heterocycles. The van der Waals surface area contributed by atoms with Gasteiger partial charge in [0, 0.05) is 26.1 Å². The minimum atomic E-state index is -3.08. The summed E-state index contributed by atoms with van der Waals surface area (Å²) in [4.78, 5) is 0.